The molecule has 0 fully saturated rings. The third kappa shape index (κ3) is 3.42. The summed E-state index contributed by atoms with van der Waals surface area (Å²) in [6.07, 6.45) is 0.495. The van der Waals surface area contributed by atoms with Gasteiger partial charge in [0.15, 0.2) is 0 Å². The van der Waals surface area contributed by atoms with Gasteiger partial charge in [-0.3, -0.25) is 4.79 Å². The van der Waals surface area contributed by atoms with Crippen molar-refractivity contribution in [1.29, 1.82) is 0 Å². The monoisotopic (exact) mass is 302 g/mol. The molecule has 0 aliphatic rings. The van der Waals surface area contributed by atoms with Crippen molar-refractivity contribution in [3.63, 3.8) is 0 Å². The van der Waals surface area contributed by atoms with Gasteiger partial charge in [0.1, 0.15) is 17.4 Å². The molecule has 4 nitrogen and oxygen atoms in total. The van der Waals surface area contributed by atoms with Crippen molar-refractivity contribution in [2.24, 2.45) is 0 Å². The summed E-state index contributed by atoms with van der Waals surface area (Å²) < 4.78 is 13.5. The number of pyridine rings is 1. The van der Waals surface area contributed by atoms with Gasteiger partial charge in [-0.15, -0.1) is 0 Å². The SMILES string of the molecule is Cc1nc(NC(=O)CCc2ccccc2F)c(C)c(C)c1O. The number of hydrogen-bond acceptors (Lipinski definition) is 3. The van der Waals surface area contributed by atoms with E-state index in [-0.39, 0.29) is 23.9 Å². The van der Waals surface area contributed by atoms with Gasteiger partial charge < -0.3 is 10.4 Å². The maximum Gasteiger partial charge on any atom is 0.225 e. The number of aryl methyl sites for hydroxylation is 2. The predicted octanol–water partition coefficient (Wildman–Crippen LogP) is 3.42. The van der Waals surface area contributed by atoms with Crippen LogP contribution in [-0.4, -0.2) is 16.0 Å². The molecule has 2 aromatic rings. The van der Waals surface area contributed by atoms with Crippen LogP contribution in [0.2, 0.25) is 0 Å². The summed E-state index contributed by atoms with van der Waals surface area (Å²) in [5, 5.41) is 12.5. The van der Waals surface area contributed by atoms with E-state index in [2.05, 4.69) is 10.3 Å². The highest BCUT2D eigenvalue weighted by molar-refractivity contribution is 5.90. The number of benzene rings is 1. The van der Waals surface area contributed by atoms with Crippen LogP contribution in [0, 0.1) is 26.6 Å². The van der Waals surface area contributed by atoms with E-state index in [0.29, 0.717) is 29.1 Å². The number of halogens is 1. The lowest BCUT2D eigenvalue weighted by atomic mass is 10.1. The molecule has 0 unspecified atom stereocenters. The summed E-state index contributed by atoms with van der Waals surface area (Å²) in [6, 6.07) is 6.41. The van der Waals surface area contributed by atoms with Gasteiger partial charge in [0.25, 0.3) is 0 Å². The molecule has 1 aromatic heterocycles. The van der Waals surface area contributed by atoms with Crippen molar-refractivity contribution in [3.05, 3.63) is 52.5 Å². The zero-order valence-electron chi connectivity index (χ0n) is 12.9. The number of hydrogen-bond donors (Lipinski definition) is 2. The molecular formula is C17H19FN2O2. The molecule has 2 N–H and O–H groups in total. The molecule has 0 aliphatic carbocycles. The fraction of sp³-hybridized carbons (Fsp3) is 0.294. The van der Waals surface area contributed by atoms with Crippen molar-refractivity contribution >= 4 is 11.7 Å². The standard InChI is InChI=1S/C17H19FN2O2/c1-10-11(2)17(19-12(3)16(10)22)20-15(21)9-8-13-6-4-5-7-14(13)18/h4-7,22H,8-9H2,1-3H3,(H,19,20,21). The molecule has 0 aliphatic heterocycles. The summed E-state index contributed by atoms with van der Waals surface area (Å²) in [5.41, 5.74) is 2.40. The van der Waals surface area contributed by atoms with Gasteiger partial charge in [0, 0.05) is 6.42 Å². The minimum atomic E-state index is -0.305. The quantitative estimate of drug-likeness (QED) is 0.909. The largest absolute Gasteiger partial charge is 0.506 e. The van der Waals surface area contributed by atoms with E-state index in [4.69, 9.17) is 0 Å². The number of carbonyl (C=O) groups is 1. The fourth-order valence-corrected chi connectivity index (χ4v) is 2.20. The number of rotatable bonds is 4. The second kappa shape index (κ2) is 6.56. The molecule has 0 atom stereocenters. The summed E-state index contributed by atoms with van der Waals surface area (Å²) >= 11 is 0. The number of amides is 1. The van der Waals surface area contributed by atoms with E-state index in [1.54, 1.807) is 39.0 Å². The highest BCUT2D eigenvalue weighted by Crippen LogP contribution is 2.27. The predicted molar refractivity (Wildman–Crippen MR) is 83.5 cm³/mol. The molecular weight excluding hydrogens is 283 g/mol. The minimum absolute atomic E-state index is 0.141. The second-order valence-electron chi connectivity index (χ2n) is 5.28. The van der Waals surface area contributed by atoms with Crippen molar-refractivity contribution in [2.75, 3.05) is 5.32 Å². The van der Waals surface area contributed by atoms with Gasteiger partial charge in [0.05, 0.1) is 5.69 Å². The van der Waals surface area contributed by atoms with Crippen LogP contribution >= 0.6 is 0 Å². The Morgan fingerprint density at radius 2 is 1.91 bits per heavy atom. The third-order valence-electron chi connectivity index (χ3n) is 3.73. The van der Waals surface area contributed by atoms with Gasteiger partial charge in [-0.25, -0.2) is 9.37 Å². The molecule has 22 heavy (non-hydrogen) atoms. The molecule has 5 heteroatoms. The van der Waals surface area contributed by atoms with Crippen LogP contribution in [0.1, 0.15) is 28.8 Å². The van der Waals surface area contributed by atoms with Crippen LogP contribution in [0.4, 0.5) is 10.2 Å². The lowest BCUT2D eigenvalue weighted by Crippen LogP contribution is -2.15. The normalized spacial score (nSPS) is 10.5. The first-order chi connectivity index (χ1) is 10.4. The first kappa shape index (κ1) is 15.9. The molecule has 1 aromatic carbocycles. The van der Waals surface area contributed by atoms with E-state index < -0.39 is 0 Å². The summed E-state index contributed by atoms with van der Waals surface area (Å²) in [7, 11) is 0. The molecule has 0 spiro atoms. The molecule has 0 saturated carbocycles. The maximum absolute atomic E-state index is 13.5. The maximum atomic E-state index is 13.5. The lowest BCUT2D eigenvalue weighted by Gasteiger charge is -2.13. The average Bonchev–Trinajstić information content (AvgIpc) is 2.49. The summed E-state index contributed by atoms with van der Waals surface area (Å²) in [6.45, 7) is 5.24. The van der Waals surface area contributed by atoms with E-state index in [0.717, 1.165) is 5.56 Å². The first-order valence-corrected chi connectivity index (χ1v) is 7.10. The molecule has 0 radical (unpaired) electrons. The van der Waals surface area contributed by atoms with Crippen LogP contribution in [0.5, 0.6) is 5.75 Å². The molecule has 0 bridgehead atoms. The second-order valence-corrected chi connectivity index (χ2v) is 5.28. The molecule has 1 heterocycles. The Morgan fingerprint density at radius 3 is 2.59 bits per heavy atom. The number of nitrogens with zero attached hydrogens (tertiary/aromatic N) is 1. The van der Waals surface area contributed by atoms with Crippen LogP contribution in [0.15, 0.2) is 24.3 Å². The Labute approximate surface area is 129 Å². The number of carbonyl (C=O) groups excluding carboxylic acids is 1. The molecule has 1 amide bonds. The van der Waals surface area contributed by atoms with E-state index in [1.807, 2.05) is 0 Å². The Morgan fingerprint density at radius 1 is 1.23 bits per heavy atom. The van der Waals surface area contributed by atoms with Gasteiger partial charge >= 0.3 is 0 Å². The zero-order chi connectivity index (χ0) is 16.3. The van der Waals surface area contributed by atoms with Crippen molar-refractivity contribution in [3.8, 4) is 5.75 Å². The smallest absolute Gasteiger partial charge is 0.225 e. The van der Waals surface area contributed by atoms with E-state index >= 15 is 0 Å². The number of aromatic nitrogens is 1. The topological polar surface area (TPSA) is 62.2 Å². The van der Waals surface area contributed by atoms with Gasteiger partial charge in [-0.05, 0) is 49.9 Å². The van der Waals surface area contributed by atoms with Crippen LogP contribution in [0.3, 0.4) is 0 Å². The highest BCUT2D eigenvalue weighted by Gasteiger charge is 2.13. The van der Waals surface area contributed by atoms with E-state index in [9.17, 15) is 14.3 Å². The van der Waals surface area contributed by atoms with Gasteiger partial charge in [0.2, 0.25) is 5.91 Å². The molecule has 116 valence electrons. The van der Waals surface area contributed by atoms with Crippen molar-refractivity contribution in [1.82, 2.24) is 4.98 Å². The molecule has 2 rings (SSSR count). The zero-order valence-corrected chi connectivity index (χ0v) is 12.9. The summed E-state index contributed by atoms with van der Waals surface area (Å²) in [5.74, 6) is 0.0393. The minimum Gasteiger partial charge on any atom is -0.506 e. The number of nitrogens with one attached hydrogen (secondary N) is 1. The Hall–Kier alpha value is -2.43. The third-order valence-corrected chi connectivity index (χ3v) is 3.73. The number of aromatic hydroxyl groups is 1. The van der Waals surface area contributed by atoms with Crippen LogP contribution < -0.4 is 5.32 Å². The van der Waals surface area contributed by atoms with E-state index in [1.165, 1.54) is 6.07 Å². The fourth-order valence-electron chi connectivity index (χ4n) is 2.20. The average molecular weight is 302 g/mol. The first-order valence-electron chi connectivity index (χ1n) is 7.10. The van der Waals surface area contributed by atoms with Crippen LogP contribution in [-0.2, 0) is 11.2 Å². The Kier molecular flexibility index (Phi) is 4.75. The van der Waals surface area contributed by atoms with Crippen molar-refractivity contribution < 1.29 is 14.3 Å². The number of anilines is 1. The van der Waals surface area contributed by atoms with Crippen LogP contribution in [0.25, 0.3) is 0 Å². The molecule has 0 saturated heterocycles. The van der Waals surface area contributed by atoms with Crippen molar-refractivity contribution in [2.45, 2.75) is 33.6 Å². The summed E-state index contributed by atoms with van der Waals surface area (Å²) in [4.78, 5) is 16.2. The lowest BCUT2D eigenvalue weighted by molar-refractivity contribution is -0.116. The Balaban J connectivity index is 2.06. The Bertz CT molecular complexity index is 714. The van der Waals surface area contributed by atoms with Gasteiger partial charge in [-0.2, -0.15) is 0 Å². The highest BCUT2D eigenvalue weighted by atomic mass is 19.1. The van der Waals surface area contributed by atoms with Gasteiger partial charge in [-0.1, -0.05) is 18.2 Å².